The van der Waals surface area contributed by atoms with Crippen LogP contribution in [-0.4, -0.2) is 37.2 Å². The first-order valence-electron chi connectivity index (χ1n) is 7.13. The summed E-state index contributed by atoms with van der Waals surface area (Å²) in [6.45, 7) is 4.28. The zero-order valence-electron chi connectivity index (χ0n) is 12.0. The lowest BCUT2D eigenvalue weighted by atomic mass is 10.0. The third kappa shape index (κ3) is 3.46. The number of nitrogens with one attached hydrogen (secondary N) is 1. The lowest BCUT2D eigenvalue weighted by Gasteiger charge is -2.42. The Morgan fingerprint density at radius 3 is 2.60 bits per heavy atom. The number of halogens is 2. The third-order valence-electron chi connectivity index (χ3n) is 3.79. The molecule has 112 valence electrons. The first-order valence-corrected chi connectivity index (χ1v) is 7.13. The number of ether oxygens (including phenoxy) is 1. The van der Waals surface area contributed by atoms with Gasteiger partial charge in [-0.2, -0.15) is 8.78 Å². The number of nitrogens with zero attached hydrogens (tertiary/aromatic N) is 1. The Morgan fingerprint density at radius 2 is 2.05 bits per heavy atom. The van der Waals surface area contributed by atoms with Crippen molar-refractivity contribution in [3.05, 3.63) is 29.8 Å². The molecule has 0 bridgehead atoms. The molecule has 1 fully saturated rings. The zero-order valence-corrected chi connectivity index (χ0v) is 12.0. The topological polar surface area (TPSA) is 24.5 Å². The number of para-hydroxylation sites is 1. The second kappa shape index (κ2) is 6.99. The van der Waals surface area contributed by atoms with Crippen molar-refractivity contribution in [2.24, 2.45) is 0 Å². The summed E-state index contributed by atoms with van der Waals surface area (Å²) in [5.74, 6) is 0.281. The SMILES string of the molecule is CCCN(C1CNC1)C(C)c1ccccc1OC(F)F. The quantitative estimate of drug-likeness (QED) is 0.833. The first kappa shape index (κ1) is 15.2. The van der Waals surface area contributed by atoms with Crippen LogP contribution in [0, 0.1) is 0 Å². The Labute approximate surface area is 118 Å². The van der Waals surface area contributed by atoms with Crippen LogP contribution < -0.4 is 10.1 Å². The second-order valence-electron chi connectivity index (χ2n) is 5.14. The minimum atomic E-state index is -2.78. The van der Waals surface area contributed by atoms with Crippen molar-refractivity contribution in [2.75, 3.05) is 19.6 Å². The summed E-state index contributed by atoms with van der Waals surface area (Å²) in [5, 5.41) is 3.26. The van der Waals surface area contributed by atoms with E-state index in [1.54, 1.807) is 12.1 Å². The van der Waals surface area contributed by atoms with Crippen LogP contribution in [0.25, 0.3) is 0 Å². The van der Waals surface area contributed by atoms with Gasteiger partial charge in [0.1, 0.15) is 5.75 Å². The Bertz CT molecular complexity index is 424. The van der Waals surface area contributed by atoms with Gasteiger partial charge >= 0.3 is 6.61 Å². The number of benzene rings is 1. The second-order valence-corrected chi connectivity index (χ2v) is 5.14. The molecule has 0 saturated carbocycles. The van der Waals surface area contributed by atoms with Gasteiger partial charge in [-0.05, 0) is 26.0 Å². The van der Waals surface area contributed by atoms with Crippen molar-refractivity contribution in [1.29, 1.82) is 0 Å². The van der Waals surface area contributed by atoms with Gasteiger partial charge < -0.3 is 10.1 Å². The van der Waals surface area contributed by atoms with Crippen molar-refractivity contribution in [3.8, 4) is 5.75 Å². The third-order valence-corrected chi connectivity index (χ3v) is 3.79. The summed E-state index contributed by atoms with van der Waals surface area (Å²) in [6.07, 6.45) is 1.04. The van der Waals surface area contributed by atoms with Crippen LogP contribution >= 0.6 is 0 Å². The van der Waals surface area contributed by atoms with Crippen LogP contribution in [0.2, 0.25) is 0 Å². The van der Waals surface area contributed by atoms with Crippen LogP contribution in [0.4, 0.5) is 8.78 Å². The molecule has 1 N–H and O–H groups in total. The Morgan fingerprint density at radius 1 is 1.35 bits per heavy atom. The van der Waals surface area contributed by atoms with E-state index in [-0.39, 0.29) is 11.8 Å². The molecule has 1 heterocycles. The molecule has 0 spiro atoms. The molecule has 1 unspecified atom stereocenters. The van der Waals surface area contributed by atoms with E-state index in [9.17, 15) is 8.78 Å². The number of hydrogen-bond donors (Lipinski definition) is 1. The van der Waals surface area contributed by atoms with Crippen LogP contribution in [-0.2, 0) is 0 Å². The maximum absolute atomic E-state index is 12.5. The number of hydrogen-bond acceptors (Lipinski definition) is 3. The number of alkyl halides is 2. The van der Waals surface area contributed by atoms with E-state index < -0.39 is 6.61 Å². The van der Waals surface area contributed by atoms with E-state index in [0.717, 1.165) is 31.6 Å². The molecule has 0 radical (unpaired) electrons. The first-order chi connectivity index (χ1) is 9.63. The molecule has 2 rings (SSSR count). The average molecular weight is 284 g/mol. The summed E-state index contributed by atoms with van der Waals surface area (Å²) in [7, 11) is 0. The van der Waals surface area contributed by atoms with E-state index in [4.69, 9.17) is 0 Å². The fraction of sp³-hybridized carbons (Fsp3) is 0.600. The van der Waals surface area contributed by atoms with Crippen LogP contribution in [0.5, 0.6) is 5.75 Å². The van der Waals surface area contributed by atoms with Gasteiger partial charge in [-0.15, -0.1) is 0 Å². The van der Waals surface area contributed by atoms with E-state index >= 15 is 0 Å². The Hall–Kier alpha value is -1.20. The van der Waals surface area contributed by atoms with Crippen molar-refractivity contribution in [2.45, 2.75) is 39.0 Å². The van der Waals surface area contributed by atoms with Gasteiger partial charge in [-0.25, -0.2) is 0 Å². The maximum Gasteiger partial charge on any atom is 0.387 e. The highest BCUT2D eigenvalue weighted by Crippen LogP contribution is 2.32. The molecular weight excluding hydrogens is 262 g/mol. The predicted octanol–water partition coefficient (Wildman–Crippen LogP) is 3.03. The Kier molecular flexibility index (Phi) is 5.31. The monoisotopic (exact) mass is 284 g/mol. The maximum atomic E-state index is 12.5. The lowest BCUT2D eigenvalue weighted by Crippen LogP contribution is -2.57. The fourth-order valence-electron chi connectivity index (χ4n) is 2.67. The molecule has 1 aromatic carbocycles. The molecule has 0 aromatic heterocycles. The van der Waals surface area contributed by atoms with Crippen LogP contribution in [0.1, 0.15) is 31.9 Å². The van der Waals surface area contributed by atoms with E-state index in [0.29, 0.717) is 6.04 Å². The molecule has 1 aromatic rings. The highest BCUT2D eigenvalue weighted by atomic mass is 19.3. The van der Waals surface area contributed by atoms with E-state index in [1.807, 2.05) is 12.1 Å². The molecule has 20 heavy (non-hydrogen) atoms. The number of rotatable bonds is 7. The smallest absolute Gasteiger partial charge is 0.387 e. The molecule has 0 amide bonds. The molecule has 1 saturated heterocycles. The molecule has 1 aliphatic rings. The molecule has 3 nitrogen and oxygen atoms in total. The fourth-order valence-corrected chi connectivity index (χ4v) is 2.67. The molecule has 1 aliphatic heterocycles. The van der Waals surface area contributed by atoms with Crippen LogP contribution in [0.3, 0.4) is 0 Å². The minimum Gasteiger partial charge on any atom is -0.434 e. The Balaban J connectivity index is 2.19. The summed E-state index contributed by atoms with van der Waals surface area (Å²) in [5.41, 5.74) is 0.827. The van der Waals surface area contributed by atoms with Crippen molar-refractivity contribution < 1.29 is 13.5 Å². The summed E-state index contributed by atoms with van der Waals surface area (Å²) in [4.78, 5) is 2.37. The molecule has 1 atom stereocenters. The van der Waals surface area contributed by atoms with Crippen molar-refractivity contribution in [3.63, 3.8) is 0 Å². The zero-order chi connectivity index (χ0) is 14.5. The van der Waals surface area contributed by atoms with Gasteiger partial charge in [0.05, 0.1) is 0 Å². The molecule has 0 aliphatic carbocycles. The van der Waals surface area contributed by atoms with Crippen molar-refractivity contribution in [1.82, 2.24) is 10.2 Å². The van der Waals surface area contributed by atoms with Gasteiger partial charge in [0.2, 0.25) is 0 Å². The minimum absolute atomic E-state index is 0.0667. The van der Waals surface area contributed by atoms with Gasteiger partial charge in [0, 0.05) is 30.7 Å². The van der Waals surface area contributed by atoms with Gasteiger partial charge in [0.25, 0.3) is 0 Å². The predicted molar refractivity (Wildman–Crippen MR) is 75.1 cm³/mol. The largest absolute Gasteiger partial charge is 0.434 e. The summed E-state index contributed by atoms with van der Waals surface area (Å²) in [6, 6.07) is 7.62. The van der Waals surface area contributed by atoms with E-state index in [1.165, 1.54) is 0 Å². The summed E-state index contributed by atoms with van der Waals surface area (Å²) < 4.78 is 29.7. The lowest BCUT2D eigenvalue weighted by molar-refractivity contribution is -0.0514. The van der Waals surface area contributed by atoms with E-state index in [2.05, 4.69) is 28.8 Å². The highest BCUT2D eigenvalue weighted by Gasteiger charge is 2.29. The van der Waals surface area contributed by atoms with Crippen LogP contribution in [0.15, 0.2) is 24.3 Å². The van der Waals surface area contributed by atoms with Gasteiger partial charge in [0.15, 0.2) is 0 Å². The average Bonchev–Trinajstić information content (AvgIpc) is 2.35. The standard InChI is InChI=1S/C15H22F2N2O/c1-3-8-19(12-9-18-10-12)11(2)13-6-4-5-7-14(13)20-15(16)17/h4-7,11-12,15,18H,3,8-10H2,1-2H3. The van der Waals surface area contributed by atoms with Gasteiger partial charge in [-0.3, -0.25) is 4.90 Å². The molecular formula is C15H22F2N2O. The normalized spacial score (nSPS) is 17.3. The summed E-state index contributed by atoms with van der Waals surface area (Å²) >= 11 is 0. The molecule has 5 heteroatoms. The van der Waals surface area contributed by atoms with Crippen molar-refractivity contribution >= 4 is 0 Å². The highest BCUT2D eigenvalue weighted by molar-refractivity contribution is 5.36. The van der Waals surface area contributed by atoms with Gasteiger partial charge in [-0.1, -0.05) is 25.1 Å².